The topological polar surface area (TPSA) is 73.0 Å². The largest absolute Gasteiger partial charge is 0.383 e. The summed E-state index contributed by atoms with van der Waals surface area (Å²) in [6.07, 6.45) is 3.49. The summed E-state index contributed by atoms with van der Waals surface area (Å²) in [4.78, 5) is 10.5. The fourth-order valence-electron chi connectivity index (χ4n) is 1.65. The van der Waals surface area contributed by atoms with Gasteiger partial charge in [0, 0.05) is 19.3 Å². The highest BCUT2D eigenvalue weighted by atomic mass is 79.9. The van der Waals surface area contributed by atoms with Crippen LogP contribution in [0.5, 0.6) is 0 Å². The van der Waals surface area contributed by atoms with E-state index in [4.69, 9.17) is 0 Å². The number of rotatable bonds is 4. The molecule has 0 radical (unpaired) electrons. The van der Waals surface area contributed by atoms with Crippen LogP contribution < -0.4 is 5.32 Å². The summed E-state index contributed by atoms with van der Waals surface area (Å²) < 4.78 is 2.59. The molecule has 0 atom stereocenters. The number of nitro benzene ring substituents is 1. The molecule has 0 unspecified atom stereocenters. The van der Waals surface area contributed by atoms with Crippen LogP contribution in [0.4, 0.5) is 11.4 Å². The van der Waals surface area contributed by atoms with Crippen molar-refractivity contribution in [3.63, 3.8) is 0 Å². The number of halogens is 1. The standard InChI is InChI=1S/C11H11BrN4O2/c1-13-10-3-2-8(4-11(10)16(17)18)6-15-7-9(12)5-14-15/h2-5,7,13H,6H2,1H3. The molecule has 0 aliphatic carbocycles. The van der Waals surface area contributed by atoms with Gasteiger partial charge in [-0.15, -0.1) is 0 Å². The first kappa shape index (κ1) is 12.6. The van der Waals surface area contributed by atoms with E-state index in [0.29, 0.717) is 12.2 Å². The van der Waals surface area contributed by atoms with Crippen LogP contribution in [0.2, 0.25) is 0 Å². The highest BCUT2D eigenvalue weighted by Gasteiger charge is 2.13. The Morgan fingerprint density at radius 3 is 2.89 bits per heavy atom. The van der Waals surface area contributed by atoms with Crippen molar-refractivity contribution < 1.29 is 4.92 Å². The second kappa shape index (κ2) is 5.18. The number of nitrogens with zero attached hydrogens (tertiary/aromatic N) is 3. The first-order chi connectivity index (χ1) is 8.60. The normalized spacial score (nSPS) is 10.3. The van der Waals surface area contributed by atoms with E-state index in [2.05, 4.69) is 26.3 Å². The molecule has 2 aromatic rings. The Kier molecular flexibility index (Phi) is 3.61. The van der Waals surface area contributed by atoms with Crippen LogP contribution in [0.1, 0.15) is 5.56 Å². The van der Waals surface area contributed by atoms with Crippen LogP contribution in [0.3, 0.4) is 0 Å². The molecule has 18 heavy (non-hydrogen) atoms. The number of hydrogen-bond acceptors (Lipinski definition) is 4. The molecule has 0 aliphatic heterocycles. The van der Waals surface area contributed by atoms with Gasteiger partial charge in [-0.1, -0.05) is 6.07 Å². The van der Waals surface area contributed by atoms with Gasteiger partial charge in [0.25, 0.3) is 5.69 Å². The van der Waals surface area contributed by atoms with E-state index in [1.54, 1.807) is 30.1 Å². The van der Waals surface area contributed by atoms with Crippen molar-refractivity contribution in [2.24, 2.45) is 0 Å². The Morgan fingerprint density at radius 1 is 1.56 bits per heavy atom. The van der Waals surface area contributed by atoms with Crippen LogP contribution >= 0.6 is 15.9 Å². The summed E-state index contributed by atoms with van der Waals surface area (Å²) in [5.41, 5.74) is 1.41. The van der Waals surface area contributed by atoms with Gasteiger partial charge in [0.05, 0.1) is 22.1 Å². The maximum absolute atomic E-state index is 10.9. The minimum absolute atomic E-state index is 0.0706. The number of hydrogen-bond donors (Lipinski definition) is 1. The fourth-order valence-corrected chi connectivity index (χ4v) is 1.98. The van der Waals surface area contributed by atoms with E-state index >= 15 is 0 Å². The molecule has 0 fully saturated rings. The molecular formula is C11H11BrN4O2. The zero-order valence-electron chi connectivity index (χ0n) is 9.63. The highest BCUT2D eigenvalue weighted by molar-refractivity contribution is 9.10. The second-order valence-corrected chi connectivity index (χ2v) is 4.63. The third kappa shape index (κ3) is 2.67. The average Bonchev–Trinajstić information content (AvgIpc) is 2.74. The van der Waals surface area contributed by atoms with E-state index < -0.39 is 4.92 Å². The zero-order chi connectivity index (χ0) is 13.1. The molecule has 0 saturated carbocycles. The quantitative estimate of drug-likeness (QED) is 0.696. The molecule has 0 bridgehead atoms. The van der Waals surface area contributed by atoms with E-state index in [0.717, 1.165) is 10.0 Å². The third-order valence-corrected chi connectivity index (χ3v) is 2.88. The van der Waals surface area contributed by atoms with Gasteiger partial charge in [0.2, 0.25) is 0 Å². The van der Waals surface area contributed by atoms with Gasteiger partial charge in [0.1, 0.15) is 5.69 Å². The van der Waals surface area contributed by atoms with Gasteiger partial charge >= 0.3 is 0 Å². The molecule has 7 heteroatoms. The van der Waals surface area contributed by atoms with Gasteiger partial charge in [0.15, 0.2) is 0 Å². The lowest BCUT2D eigenvalue weighted by Gasteiger charge is -2.05. The predicted octanol–water partition coefficient (Wildman–Crippen LogP) is 2.64. The van der Waals surface area contributed by atoms with Crippen molar-refractivity contribution >= 4 is 27.3 Å². The zero-order valence-corrected chi connectivity index (χ0v) is 11.2. The van der Waals surface area contributed by atoms with Crippen molar-refractivity contribution in [2.45, 2.75) is 6.54 Å². The number of nitrogens with one attached hydrogen (secondary N) is 1. The third-order valence-electron chi connectivity index (χ3n) is 2.47. The van der Waals surface area contributed by atoms with Gasteiger partial charge in [-0.05, 0) is 27.6 Å². The lowest BCUT2D eigenvalue weighted by atomic mass is 10.1. The van der Waals surface area contributed by atoms with Gasteiger partial charge in [-0.2, -0.15) is 5.10 Å². The van der Waals surface area contributed by atoms with Crippen LogP contribution in [0.15, 0.2) is 35.1 Å². The maximum Gasteiger partial charge on any atom is 0.292 e. The lowest BCUT2D eigenvalue weighted by molar-refractivity contribution is -0.384. The molecule has 0 saturated heterocycles. The molecule has 94 valence electrons. The molecule has 1 heterocycles. The molecule has 6 nitrogen and oxygen atoms in total. The summed E-state index contributed by atoms with van der Waals surface area (Å²) in [6, 6.07) is 5.10. The average molecular weight is 311 g/mol. The number of nitro groups is 1. The van der Waals surface area contributed by atoms with E-state index in [-0.39, 0.29) is 5.69 Å². The summed E-state index contributed by atoms with van der Waals surface area (Å²) in [5.74, 6) is 0. The summed E-state index contributed by atoms with van der Waals surface area (Å²) in [6.45, 7) is 0.496. The smallest absolute Gasteiger partial charge is 0.292 e. The van der Waals surface area contributed by atoms with Crippen molar-refractivity contribution in [1.29, 1.82) is 0 Å². The highest BCUT2D eigenvalue weighted by Crippen LogP contribution is 2.25. The van der Waals surface area contributed by atoms with Crippen LogP contribution in [0, 0.1) is 10.1 Å². The van der Waals surface area contributed by atoms with E-state index in [1.165, 1.54) is 0 Å². The van der Waals surface area contributed by atoms with Crippen LogP contribution in [0.25, 0.3) is 0 Å². The van der Waals surface area contributed by atoms with Crippen LogP contribution in [-0.4, -0.2) is 21.8 Å². The van der Waals surface area contributed by atoms with Gasteiger partial charge < -0.3 is 5.32 Å². The van der Waals surface area contributed by atoms with E-state index in [9.17, 15) is 10.1 Å². The molecule has 0 amide bonds. The van der Waals surface area contributed by atoms with Crippen molar-refractivity contribution in [3.05, 3.63) is 50.7 Å². The maximum atomic E-state index is 10.9. The molecule has 1 N–H and O–H groups in total. The Balaban J connectivity index is 2.29. The first-order valence-electron chi connectivity index (χ1n) is 5.23. The molecule has 0 aliphatic rings. The fraction of sp³-hybridized carbons (Fsp3) is 0.182. The Labute approximate surface area is 112 Å². The van der Waals surface area contributed by atoms with Crippen molar-refractivity contribution in [2.75, 3.05) is 12.4 Å². The first-order valence-corrected chi connectivity index (χ1v) is 6.02. The molecule has 1 aromatic carbocycles. The molecular weight excluding hydrogens is 300 g/mol. The Morgan fingerprint density at radius 2 is 2.33 bits per heavy atom. The second-order valence-electron chi connectivity index (χ2n) is 3.71. The molecule has 1 aromatic heterocycles. The van der Waals surface area contributed by atoms with Crippen molar-refractivity contribution in [3.8, 4) is 0 Å². The Bertz CT molecular complexity index is 582. The monoisotopic (exact) mass is 310 g/mol. The minimum Gasteiger partial charge on any atom is -0.383 e. The predicted molar refractivity (Wildman–Crippen MR) is 71.7 cm³/mol. The minimum atomic E-state index is -0.395. The number of anilines is 1. The molecule has 0 spiro atoms. The van der Waals surface area contributed by atoms with Crippen LogP contribution in [-0.2, 0) is 6.54 Å². The molecule has 2 rings (SSSR count). The Hall–Kier alpha value is -1.89. The SMILES string of the molecule is CNc1ccc(Cn2cc(Br)cn2)cc1[N+](=O)[O-]. The lowest BCUT2D eigenvalue weighted by Crippen LogP contribution is -2.02. The van der Waals surface area contributed by atoms with Gasteiger partial charge in [-0.25, -0.2) is 0 Å². The van der Waals surface area contributed by atoms with Crippen molar-refractivity contribution in [1.82, 2.24) is 9.78 Å². The van der Waals surface area contributed by atoms with Gasteiger partial charge in [-0.3, -0.25) is 14.8 Å². The van der Waals surface area contributed by atoms with E-state index in [1.807, 2.05) is 12.3 Å². The summed E-state index contributed by atoms with van der Waals surface area (Å²) in [5, 5.41) is 17.8. The number of aromatic nitrogens is 2. The summed E-state index contributed by atoms with van der Waals surface area (Å²) >= 11 is 3.30. The summed E-state index contributed by atoms with van der Waals surface area (Å²) in [7, 11) is 1.66. The number of benzene rings is 1.